The first kappa shape index (κ1) is 16.8. The van der Waals surface area contributed by atoms with Crippen molar-refractivity contribution in [1.29, 1.82) is 0 Å². The van der Waals surface area contributed by atoms with Crippen LogP contribution in [0.2, 0.25) is 0 Å². The number of fused-ring (bicyclic) bond motifs is 3. The molecule has 0 saturated carbocycles. The Morgan fingerprint density at radius 1 is 1.22 bits per heavy atom. The molecule has 2 aliphatic heterocycles. The van der Waals surface area contributed by atoms with E-state index in [1.54, 1.807) is 18.6 Å². The van der Waals surface area contributed by atoms with E-state index in [9.17, 15) is 8.42 Å². The van der Waals surface area contributed by atoms with Gasteiger partial charge in [-0.15, -0.1) is 0 Å². The Balaban J connectivity index is 1.45. The fourth-order valence-electron chi connectivity index (χ4n) is 4.38. The number of hydrogen-bond donors (Lipinski definition) is 0. The second kappa shape index (κ2) is 6.07. The summed E-state index contributed by atoms with van der Waals surface area (Å²) < 4.78 is 33.2. The largest absolute Gasteiger partial charge is 0.472 e. The molecule has 1 aromatic carbocycles. The summed E-state index contributed by atoms with van der Waals surface area (Å²) in [4.78, 5) is 2.74. The molecule has 4 heterocycles. The van der Waals surface area contributed by atoms with Gasteiger partial charge in [0.1, 0.15) is 0 Å². The number of rotatable bonds is 4. The van der Waals surface area contributed by atoms with E-state index in [0.29, 0.717) is 11.4 Å². The van der Waals surface area contributed by atoms with Crippen molar-refractivity contribution in [2.45, 2.75) is 36.1 Å². The summed E-state index contributed by atoms with van der Waals surface area (Å²) in [5.41, 5.74) is 4.05. The van der Waals surface area contributed by atoms with Crippen LogP contribution < -0.4 is 0 Å². The van der Waals surface area contributed by atoms with Crippen LogP contribution >= 0.6 is 0 Å². The lowest BCUT2D eigenvalue weighted by Gasteiger charge is -2.16. The highest BCUT2D eigenvalue weighted by Crippen LogP contribution is 2.46. The van der Waals surface area contributed by atoms with Gasteiger partial charge in [-0.3, -0.25) is 9.58 Å². The Hall–Kier alpha value is -2.38. The van der Waals surface area contributed by atoms with E-state index in [-0.39, 0.29) is 11.2 Å². The highest BCUT2D eigenvalue weighted by Gasteiger charge is 2.50. The number of nitrogens with zero attached hydrogens (tertiary/aromatic N) is 3. The summed E-state index contributed by atoms with van der Waals surface area (Å²) in [7, 11) is -3.28. The SMILES string of the molecule is CCn1cc(CN2C[C@@H]3c4cc(-c5ccoc5)ccc4S(=O)(=O)[C@@H]3C2)cn1. The molecule has 27 heavy (non-hydrogen) atoms. The molecule has 0 radical (unpaired) electrons. The van der Waals surface area contributed by atoms with Crippen molar-refractivity contribution in [3.8, 4) is 11.1 Å². The first-order valence-corrected chi connectivity index (χ1v) is 10.7. The first-order valence-electron chi connectivity index (χ1n) is 9.20. The summed E-state index contributed by atoms with van der Waals surface area (Å²) in [6.45, 7) is 4.95. The standard InChI is InChI=1S/C20H21N3O3S/c1-2-23-10-14(8-21-23)9-22-11-18-17-7-15(16-5-6-26-13-16)3-4-19(17)27(24,25)20(18)12-22/h3-8,10,13,18,20H,2,9,11-12H2,1H3/t18-,20-/m1/s1. The molecule has 140 valence electrons. The summed E-state index contributed by atoms with van der Waals surface area (Å²) in [5, 5.41) is 3.96. The molecule has 2 aliphatic rings. The summed E-state index contributed by atoms with van der Waals surface area (Å²) in [6.07, 6.45) is 7.23. The summed E-state index contributed by atoms with van der Waals surface area (Å²) >= 11 is 0. The topological polar surface area (TPSA) is 68.3 Å². The quantitative estimate of drug-likeness (QED) is 0.693. The predicted octanol–water partition coefficient (Wildman–Crippen LogP) is 2.92. The number of furan rings is 1. The lowest BCUT2D eigenvalue weighted by atomic mass is 9.95. The summed E-state index contributed by atoms with van der Waals surface area (Å²) in [5.74, 6) is 0.0260. The minimum absolute atomic E-state index is 0.0260. The fraction of sp³-hybridized carbons (Fsp3) is 0.350. The van der Waals surface area contributed by atoms with Gasteiger partial charge in [0.2, 0.25) is 0 Å². The smallest absolute Gasteiger partial charge is 0.183 e. The van der Waals surface area contributed by atoms with Gasteiger partial charge in [-0.1, -0.05) is 6.07 Å². The second-order valence-electron chi connectivity index (χ2n) is 7.35. The minimum atomic E-state index is -3.28. The summed E-state index contributed by atoms with van der Waals surface area (Å²) in [6, 6.07) is 7.57. The van der Waals surface area contributed by atoms with Gasteiger partial charge in [-0.2, -0.15) is 5.10 Å². The Kier molecular flexibility index (Phi) is 3.77. The third-order valence-corrected chi connectivity index (χ3v) is 7.99. The predicted molar refractivity (Wildman–Crippen MR) is 101 cm³/mol. The van der Waals surface area contributed by atoms with Gasteiger partial charge in [0.15, 0.2) is 9.84 Å². The van der Waals surface area contributed by atoms with Gasteiger partial charge in [-0.05, 0) is 36.2 Å². The van der Waals surface area contributed by atoms with Crippen LogP contribution in [0, 0.1) is 0 Å². The molecular formula is C20H21N3O3S. The molecule has 0 amide bonds. The van der Waals surface area contributed by atoms with Crippen LogP contribution in [0.3, 0.4) is 0 Å². The van der Waals surface area contributed by atoms with Crippen LogP contribution in [0.4, 0.5) is 0 Å². The van der Waals surface area contributed by atoms with Crippen LogP contribution in [0.25, 0.3) is 11.1 Å². The lowest BCUT2D eigenvalue weighted by molar-refractivity contribution is 0.325. The average Bonchev–Trinajstić information content (AvgIpc) is 3.43. The fourth-order valence-corrected chi connectivity index (χ4v) is 6.58. The molecule has 1 fully saturated rings. The molecule has 7 heteroatoms. The zero-order valence-electron chi connectivity index (χ0n) is 15.1. The molecular weight excluding hydrogens is 362 g/mol. The molecule has 3 aromatic rings. The van der Waals surface area contributed by atoms with Gasteiger partial charge in [-0.25, -0.2) is 8.42 Å². The van der Waals surface area contributed by atoms with Crippen LogP contribution in [0.1, 0.15) is 24.0 Å². The number of aromatic nitrogens is 2. The van der Waals surface area contributed by atoms with Crippen LogP contribution in [-0.4, -0.2) is 41.4 Å². The first-order chi connectivity index (χ1) is 13.1. The molecule has 5 rings (SSSR count). The van der Waals surface area contributed by atoms with Crippen LogP contribution in [0.15, 0.2) is 58.5 Å². The second-order valence-corrected chi connectivity index (χ2v) is 9.49. The third-order valence-electron chi connectivity index (χ3n) is 5.73. The Morgan fingerprint density at radius 2 is 2.11 bits per heavy atom. The monoisotopic (exact) mass is 383 g/mol. The number of hydrogen-bond acceptors (Lipinski definition) is 5. The highest BCUT2D eigenvalue weighted by molar-refractivity contribution is 7.92. The van der Waals surface area contributed by atoms with Crippen molar-refractivity contribution in [2.75, 3.05) is 13.1 Å². The zero-order valence-corrected chi connectivity index (χ0v) is 15.9. The van der Waals surface area contributed by atoms with Gasteiger partial charge in [0, 0.05) is 49.4 Å². The van der Waals surface area contributed by atoms with Gasteiger partial charge >= 0.3 is 0 Å². The van der Waals surface area contributed by atoms with Crippen molar-refractivity contribution in [3.05, 3.63) is 60.3 Å². The normalized spacial score (nSPS) is 23.4. The average molecular weight is 383 g/mol. The molecule has 6 nitrogen and oxygen atoms in total. The molecule has 0 aliphatic carbocycles. The van der Waals surface area contributed by atoms with Gasteiger partial charge in [0.25, 0.3) is 0 Å². The third kappa shape index (κ3) is 2.64. The van der Waals surface area contributed by atoms with Crippen molar-refractivity contribution < 1.29 is 12.8 Å². The molecule has 2 atom stereocenters. The number of benzene rings is 1. The molecule has 2 aromatic heterocycles. The maximum absolute atomic E-state index is 13.1. The Bertz CT molecular complexity index is 1090. The molecule has 0 spiro atoms. The zero-order chi connectivity index (χ0) is 18.6. The number of likely N-dealkylation sites (tertiary alicyclic amines) is 1. The number of aryl methyl sites for hydroxylation is 1. The highest BCUT2D eigenvalue weighted by atomic mass is 32.2. The molecule has 0 unspecified atom stereocenters. The van der Waals surface area contributed by atoms with E-state index < -0.39 is 9.84 Å². The van der Waals surface area contributed by atoms with E-state index in [2.05, 4.69) is 16.9 Å². The van der Waals surface area contributed by atoms with Gasteiger partial charge in [0.05, 0.1) is 28.9 Å². The van der Waals surface area contributed by atoms with Crippen molar-refractivity contribution in [2.24, 2.45) is 0 Å². The van der Waals surface area contributed by atoms with E-state index in [0.717, 1.165) is 41.9 Å². The number of sulfone groups is 1. The maximum Gasteiger partial charge on any atom is 0.183 e. The van der Waals surface area contributed by atoms with E-state index in [1.165, 1.54) is 0 Å². The minimum Gasteiger partial charge on any atom is -0.472 e. The lowest BCUT2D eigenvalue weighted by Crippen LogP contribution is -2.25. The van der Waals surface area contributed by atoms with Crippen molar-refractivity contribution >= 4 is 9.84 Å². The Morgan fingerprint density at radius 3 is 2.85 bits per heavy atom. The molecule has 1 saturated heterocycles. The van der Waals surface area contributed by atoms with Crippen molar-refractivity contribution in [1.82, 2.24) is 14.7 Å². The van der Waals surface area contributed by atoms with Crippen molar-refractivity contribution in [3.63, 3.8) is 0 Å². The van der Waals surface area contributed by atoms with Crippen LogP contribution in [-0.2, 0) is 22.9 Å². The van der Waals surface area contributed by atoms with Gasteiger partial charge < -0.3 is 4.42 Å². The van der Waals surface area contributed by atoms with E-state index in [1.807, 2.05) is 35.3 Å². The van der Waals surface area contributed by atoms with Crippen LogP contribution in [0.5, 0.6) is 0 Å². The Labute approximate surface area is 158 Å². The molecule has 0 N–H and O–H groups in total. The van der Waals surface area contributed by atoms with E-state index >= 15 is 0 Å². The molecule has 0 bridgehead atoms. The maximum atomic E-state index is 13.1. The van der Waals surface area contributed by atoms with E-state index in [4.69, 9.17) is 4.42 Å².